The zero-order valence-electron chi connectivity index (χ0n) is 14.1. The number of nitrogens with zero attached hydrogens (tertiary/aromatic N) is 4. The number of rotatable bonds is 2. The number of aromatic nitrogens is 3. The quantitative estimate of drug-likeness (QED) is 0.823. The van der Waals surface area contributed by atoms with Gasteiger partial charge in [0.2, 0.25) is 0 Å². The third-order valence-corrected chi connectivity index (χ3v) is 4.07. The van der Waals surface area contributed by atoms with Crippen molar-refractivity contribution >= 4 is 5.91 Å². The highest BCUT2D eigenvalue weighted by molar-refractivity contribution is 5.93. The summed E-state index contributed by atoms with van der Waals surface area (Å²) in [6.07, 6.45) is -4.93. The number of hydrogen-bond acceptors (Lipinski definition) is 4. The molecule has 10 heteroatoms. The van der Waals surface area contributed by atoms with E-state index in [1.54, 1.807) is 0 Å². The van der Waals surface area contributed by atoms with E-state index >= 15 is 0 Å². The van der Waals surface area contributed by atoms with Crippen LogP contribution < -0.4 is 5.32 Å². The van der Waals surface area contributed by atoms with E-state index in [2.05, 4.69) is 15.6 Å². The van der Waals surface area contributed by atoms with Gasteiger partial charge in [-0.25, -0.2) is 9.07 Å². The number of piperazine rings is 1. The minimum Gasteiger partial charge on any atom is -0.334 e. The van der Waals surface area contributed by atoms with Gasteiger partial charge in [0.1, 0.15) is 11.5 Å². The molecule has 2 atom stereocenters. The molecule has 1 N–H and O–H groups in total. The van der Waals surface area contributed by atoms with E-state index in [9.17, 15) is 22.4 Å². The molecule has 1 amide bonds. The Bertz CT molecular complexity index is 809. The van der Waals surface area contributed by atoms with Gasteiger partial charge in [-0.1, -0.05) is 17.3 Å². The van der Waals surface area contributed by atoms with Crippen molar-refractivity contribution in [1.82, 2.24) is 25.2 Å². The fourth-order valence-electron chi connectivity index (χ4n) is 3.11. The third-order valence-electron chi connectivity index (χ3n) is 4.07. The van der Waals surface area contributed by atoms with Crippen LogP contribution in [-0.2, 0) is 6.18 Å². The molecule has 140 valence electrons. The van der Waals surface area contributed by atoms with Crippen molar-refractivity contribution in [2.45, 2.75) is 32.1 Å². The number of alkyl halides is 3. The Kier molecular flexibility index (Phi) is 4.70. The molecule has 0 radical (unpaired) electrons. The van der Waals surface area contributed by atoms with Crippen LogP contribution in [-0.4, -0.2) is 51.0 Å². The molecule has 1 aliphatic rings. The first kappa shape index (κ1) is 18.3. The van der Waals surface area contributed by atoms with Crippen molar-refractivity contribution in [2.75, 3.05) is 13.1 Å². The number of amides is 1. The van der Waals surface area contributed by atoms with Crippen LogP contribution in [0, 0.1) is 5.82 Å². The monoisotopic (exact) mass is 371 g/mol. The van der Waals surface area contributed by atoms with Crippen LogP contribution in [0.4, 0.5) is 17.6 Å². The highest BCUT2D eigenvalue weighted by Crippen LogP contribution is 2.33. The van der Waals surface area contributed by atoms with Gasteiger partial charge >= 0.3 is 6.18 Å². The minimum atomic E-state index is -4.93. The molecule has 0 spiro atoms. The fraction of sp³-hybridized carbons (Fsp3) is 0.438. The van der Waals surface area contributed by atoms with Gasteiger partial charge in [-0.3, -0.25) is 4.79 Å². The first-order chi connectivity index (χ1) is 12.2. The summed E-state index contributed by atoms with van der Waals surface area (Å²) in [5.41, 5.74) is -2.64. The Morgan fingerprint density at radius 1 is 1.19 bits per heavy atom. The molecule has 1 saturated heterocycles. The number of hydrogen-bond donors (Lipinski definition) is 1. The predicted molar refractivity (Wildman–Crippen MR) is 84.3 cm³/mol. The highest BCUT2D eigenvalue weighted by atomic mass is 19.4. The lowest BCUT2D eigenvalue weighted by atomic mass is 10.1. The molecule has 1 aromatic carbocycles. The largest absolute Gasteiger partial charge is 0.435 e. The summed E-state index contributed by atoms with van der Waals surface area (Å²) in [4.78, 5) is 14.0. The van der Waals surface area contributed by atoms with Crippen molar-refractivity contribution in [3.63, 3.8) is 0 Å². The van der Waals surface area contributed by atoms with E-state index in [4.69, 9.17) is 0 Å². The topological polar surface area (TPSA) is 63.1 Å². The number of benzene rings is 1. The highest BCUT2D eigenvalue weighted by Gasteiger charge is 2.43. The van der Waals surface area contributed by atoms with Crippen molar-refractivity contribution in [3.05, 3.63) is 41.5 Å². The van der Waals surface area contributed by atoms with Gasteiger partial charge < -0.3 is 10.2 Å². The standard InChI is InChI=1S/C16H17F4N5O/c1-9-7-24(8-10(2)21-9)15(26)13-14(16(18,19)20)25(23-22-13)12-6-4-3-5-11(12)17/h3-6,9-10,21H,7-8H2,1-2H3/t9-,10-/m0/s1. The van der Waals surface area contributed by atoms with Gasteiger partial charge in [0.15, 0.2) is 11.4 Å². The van der Waals surface area contributed by atoms with Crippen molar-refractivity contribution in [2.24, 2.45) is 0 Å². The molecule has 0 saturated carbocycles. The van der Waals surface area contributed by atoms with E-state index in [1.807, 2.05) is 13.8 Å². The van der Waals surface area contributed by atoms with E-state index < -0.39 is 35.0 Å². The fourth-order valence-corrected chi connectivity index (χ4v) is 3.11. The van der Waals surface area contributed by atoms with Gasteiger partial charge in [-0.05, 0) is 26.0 Å². The van der Waals surface area contributed by atoms with Crippen LogP contribution in [0.5, 0.6) is 0 Å². The van der Waals surface area contributed by atoms with E-state index in [-0.39, 0.29) is 25.2 Å². The predicted octanol–water partition coefficient (Wildman–Crippen LogP) is 2.25. The summed E-state index contributed by atoms with van der Waals surface area (Å²) >= 11 is 0. The van der Waals surface area contributed by atoms with Crippen LogP contribution in [0.2, 0.25) is 0 Å². The average molecular weight is 371 g/mol. The molecule has 0 aliphatic carbocycles. The molecule has 0 bridgehead atoms. The Hall–Kier alpha value is -2.49. The molecule has 2 heterocycles. The molecule has 26 heavy (non-hydrogen) atoms. The summed E-state index contributed by atoms with van der Waals surface area (Å²) in [7, 11) is 0. The van der Waals surface area contributed by atoms with Gasteiger partial charge in [-0.15, -0.1) is 5.10 Å². The van der Waals surface area contributed by atoms with Crippen LogP contribution in [0.15, 0.2) is 24.3 Å². The van der Waals surface area contributed by atoms with Crippen molar-refractivity contribution in [1.29, 1.82) is 0 Å². The van der Waals surface area contributed by atoms with E-state index in [0.29, 0.717) is 4.68 Å². The SMILES string of the molecule is C[C@H]1CN(C(=O)c2nnn(-c3ccccc3F)c2C(F)(F)F)C[C@H](C)N1. The first-order valence-corrected chi connectivity index (χ1v) is 8.01. The lowest BCUT2D eigenvalue weighted by molar-refractivity contribution is -0.143. The second-order valence-electron chi connectivity index (χ2n) is 6.33. The Labute approximate surface area is 146 Å². The minimum absolute atomic E-state index is 0.0707. The maximum absolute atomic E-state index is 14.0. The second kappa shape index (κ2) is 6.67. The average Bonchev–Trinajstić information content (AvgIpc) is 2.98. The summed E-state index contributed by atoms with van der Waals surface area (Å²) in [6, 6.07) is 4.73. The van der Waals surface area contributed by atoms with Crippen LogP contribution in [0.25, 0.3) is 5.69 Å². The summed E-state index contributed by atoms with van der Waals surface area (Å²) < 4.78 is 55.2. The van der Waals surface area contributed by atoms with Crippen molar-refractivity contribution in [3.8, 4) is 5.69 Å². The van der Waals surface area contributed by atoms with Gasteiger partial charge in [0.05, 0.1) is 0 Å². The smallest absolute Gasteiger partial charge is 0.334 e. The molecule has 1 aliphatic heterocycles. The summed E-state index contributed by atoms with van der Waals surface area (Å²) in [6.45, 7) is 4.15. The van der Waals surface area contributed by atoms with Crippen LogP contribution >= 0.6 is 0 Å². The molecule has 0 unspecified atom stereocenters. The summed E-state index contributed by atoms with van der Waals surface area (Å²) in [5.74, 6) is -1.77. The normalized spacial score (nSPS) is 21.1. The number of carbonyl (C=O) groups is 1. The van der Waals surface area contributed by atoms with Crippen molar-refractivity contribution < 1.29 is 22.4 Å². The number of halogens is 4. The lowest BCUT2D eigenvalue weighted by Gasteiger charge is -2.35. The zero-order valence-corrected chi connectivity index (χ0v) is 14.1. The Morgan fingerprint density at radius 2 is 1.81 bits per heavy atom. The van der Waals surface area contributed by atoms with Crippen LogP contribution in [0.1, 0.15) is 30.0 Å². The summed E-state index contributed by atoms with van der Waals surface area (Å²) in [5, 5.41) is 10.0. The van der Waals surface area contributed by atoms with E-state index in [0.717, 1.165) is 12.1 Å². The maximum atomic E-state index is 14.0. The molecule has 3 rings (SSSR count). The molecule has 1 aromatic heterocycles. The lowest BCUT2D eigenvalue weighted by Crippen LogP contribution is -2.56. The molecular weight excluding hydrogens is 354 g/mol. The Balaban J connectivity index is 2.06. The molecule has 1 fully saturated rings. The Morgan fingerprint density at radius 3 is 2.38 bits per heavy atom. The number of nitrogens with one attached hydrogen (secondary N) is 1. The zero-order chi connectivity index (χ0) is 19.1. The number of carbonyl (C=O) groups excluding carboxylic acids is 1. The maximum Gasteiger partial charge on any atom is 0.435 e. The first-order valence-electron chi connectivity index (χ1n) is 8.01. The number of para-hydroxylation sites is 1. The van der Waals surface area contributed by atoms with E-state index in [1.165, 1.54) is 17.0 Å². The molecule has 2 aromatic rings. The van der Waals surface area contributed by atoms with Crippen LogP contribution in [0.3, 0.4) is 0 Å². The molecular formula is C16H17F4N5O. The molecule has 6 nitrogen and oxygen atoms in total. The third kappa shape index (κ3) is 3.41. The van der Waals surface area contributed by atoms with Gasteiger partial charge in [0, 0.05) is 25.2 Å². The van der Waals surface area contributed by atoms with Gasteiger partial charge in [-0.2, -0.15) is 13.2 Å². The second-order valence-corrected chi connectivity index (χ2v) is 6.33. The van der Waals surface area contributed by atoms with Gasteiger partial charge in [0.25, 0.3) is 5.91 Å².